The van der Waals surface area contributed by atoms with Crippen LogP contribution in [0.4, 0.5) is 0 Å². The van der Waals surface area contributed by atoms with Gasteiger partial charge in [-0.2, -0.15) is 0 Å². The monoisotopic (exact) mass is 276 g/mol. The summed E-state index contributed by atoms with van der Waals surface area (Å²) in [6, 6.07) is 3.64. The Bertz CT molecular complexity index is 663. The third-order valence-electron chi connectivity index (χ3n) is 3.26. The van der Waals surface area contributed by atoms with Gasteiger partial charge in [-0.05, 0) is 6.42 Å². The minimum absolute atomic E-state index is 0.0918. The zero-order valence-corrected chi connectivity index (χ0v) is 11.3. The summed E-state index contributed by atoms with van der Waals surface area (Å²) in [5.74, 6) is 1.23. The van der Waals surface area contributed by atoms with Crippen molar-refractivity contribution in [2.75, 3.05) is 13.2 Å². The van der Waals surface area contributed by atoms with Gasteiger partial charge in [0.25, 0.3) is 0 Å². The average Bonchev–Trinajstić information content (AvgIpc) is 2.74. The largest absolute Gasteiger partial charge is 0.486 e. The lowest BCUT2D eigenvalue weighted by Gasteiger charge is -2.18. The number of aliphatic carboxylic acids is 1. The van der Waals surface area contributed by atoms with E-state index in [2.05, 4.69) is 4.98 Å². The molecule has 0 bridgehead atoms. The Labute approximate surface area is 115 Å². The fraction of sp³-hybridized carbons (Fsp3) is 0.429. The van der Waals surface area contributed by atoms with E-state index in [0.717, 1.165) is 29.7 Å². The van der Waals surface area contributed by atoms with Gasteiger partial charge in [0.15, 0.2) is 11.5 Å². The molecule has 1 aliphatic heterocycles. The van der Waals surface area contributed by atoms with E-state index in [1.54, 1.807) is 4.57 Å². The first kappa shape index (κ1) is 12.8. The van der Waals surface area contributed by atoms with Crippen molar-refractivity contribution >= 4 is 17.0 Å². The van der Waals surface area contributed by atoms with Crippen molar-refractivity contribution in [1.82, 2.24) is 9.55 Å². The molecule has 106 valence electrons. The van der Waals surface area contributed by atoms with Crippen molar-refractivity contribution in [1.29, 1.82) is 0 Å². The summed E-state index contributed by atoms with van der Waals surface area (Å²) in [4.78, 5) is 15.6. The van der Waals surface area contributed by atoms with Crippen LogP contribution in [0.1, 0.15) is 19.2 Å². The third-order valence-corrected chi connectivity index (χ3v) is 3.26. The van der Waals surface area contributed by atoms with Gasteiger partial charge in [-0.3, -0.25) is 4.79 Å². The maximum absolute atomic E-state index is 11.1. The van der Waals surface area contributed by atoms with E-state index in [1.165, 1.54) is 0 Å². The number of carboxylic acids is 1. The smallest absolute Gasteiger partial charge is 0.323 e. The number of carboxylic acid groups (broad SMARTS) is 1. The van der Waals surface area contributed by atoms with Crippen molar-refractivity contribution < 1.29 is 19.4 Å². The Balaban J connectivity index is 2.15. The molecule has 1 N–H and O–H groups in total. The van der Waals surface area contributed by atoms with E-state index in [9.17, 15) is 4.79 Å². The van der Waals surface area contributed by atoms with Crippen LogP contribution in [-0.2, 0) is 17.8 Å². The van der Waals surface area contributed by atoms with Crippen LogP contribution in [0.2, 0.25) is 0 Å². The second-order valence-corrected chi connectivity index (χ2v) is 4.74. The Morgan fingerprint density at radius 3 is 2.70 bits per heavy atom. The highest BCUT2D eigenvalue weighted by Crippen LogP contribution is 2.34. The molecule has 0 atom stereocenters. The molecular formula is C14H16N2O4. The van der Waals surface area contributed by atoms with Crippen LogP contribution in [0.5, 0.6) is 11.5 Å². The molecule has 1 aliphatic rings. The number of rotatable bonds is 4. The van der Waals surface area contributed by atoms with Crippen LogP contribution in [0.25, 0.3) is 11.0 Å². The van der Waals surface area contributed by atoms with Crippen LogP contribution in [0, 0.1) is 0 Å². The fourth-order valence-corrected chi connectivity index (χ4v) is 2.44. The predicted octanol–water partition coefficient (Wildman–Crippen LogP) is 1.84. The molecule has 20 heavy (non-hydrogen) atoms. The Morgan fingerprint density at radius 2 is 2.05 bits per heavy atom. The van der Waals surface area contributed by atoms with Crippen molar-refractivity contribution in [3.8, 4) is 11.5 Å². The lowest BCUT2D eigenvalue weighted by Crippen LogP contribution is -2.15. The molecule has 6 nitrogen and oxygen atoms in total. The van der Waals surface area contributed by atoms with Crippen LogP contribution in [-0.4, -0.2) is 33.8 Å². The zero-order valence-electron chi connectivity index (χ0n) is 11.3. The predicted molar refractivity (Wildman–Crippen MR) is 72.4 cm³/mol. The van der Waals surface area contributed by atoms with Gasteiger partial charge >= 0.3 is 5.97 Å². The van der Waals surface area contributed by atoms with E-state index < -0.39 is 5.97 Å². The van der Waals surface area contributed by atoms with Gasteiger partial charge in [0.2, 0.25) is 0 Å². The summed E-state index contributed by atoms with van der Waals surface area (Å²) in [6.45, 7) is 2.98. The van der Waals surface area contributed by atoms with Crippen molar-refractivity contribution in [3.05, 3.63) is 18.0 Å². The van der Waals surface area contributed by atoms with Crippen LogP contribution in [0.15, 0.2) is 12.1 Å². The minimum Gasteiger partial charge on any atom is -0.486 e. The normalized spacial score (nSPS) is 13.7. The number of carbonyl (C=O) groups is 1. The average molecular weight is 276 g/mol. The molecule has 0 radical (unpaired) electrons. The molecule has 0 amide bonds. The second kappa shape index (κ2) is 5.03. The van der Waals surface area contributed by atoms with E-state index in [4.69, 9.17) is 14.6 Å². The molecule has 3 rings (SSSR count). The highest BCUT2D eigenvalue weighted by Gasteiger charge is 2.18. The van der Waals surface area contributed by atoms with Gasteiger partial charge in [-0.15, -0.1) is 0 Å². The van der Waals surface area contributed by atoms with Crippen LogP contribution in [0.3, 0.4) is 0 Å². The number of nitrogens with zero attached hydrogens (tertiary/aromatic N) is 2. The number of hydrogen-bond acceptors (Lipinski definition) is 4. The first-order valence-corrected chi connectivity index (χ1v) is 6.69. The van der Waals surface area contributed by atoms with Gasteiger partial charge in [0, 0.05) is 18.6 Å². The molecule has 0 aliphatic carbocycles. The number of hydrogen-bond donors (Lipinski definition) is 1. The number of benzene rings is 1. The number of fused-ring (bicyclic) bond motifs is 2. The van der Waals surface area contributed by atoms with Crippen molar-refractivity contribution in [2.45, 2.75) is 26.3 Å². The Morgan fingerprint density at radius 1 is 1.35 bits per heavy atom. The van der Waals surface area contributed by atoms with Crippen molar-refractivity contribution in [3.63, 3.8) is 0 Å². The zero-order chi connectivity index (χ0) is 14.1. The molecule has 2 heterocycles. The standard InChI is InChI=1S/C14H16N2O4/c1-2-3-13-15-9-6-11-12(20-5-4-19-11)7-10(9)16(13)8-14(17)18/h6-7H,2-5,8H2,1H3,(H,17,18). The molecule has 0 saturated carbocycles. The molecule has 1 aromatic carbocycles. The van der Waals surface area contributed by atoms with Gasteiger partial charge in [0.05, 0.1) is 11.0 Å². The number of aryl methyl sites for hydroxylation is 1. The van der Waals surface area contributed by atoms with Gasteiger partial charge < -0.3 is 19.1 Å². The Kier molecular flexibility index (Phi) is 3.22. The lowest BCUT2D eigenvalue weighted by atomic mass is 10.2. The molecule has 0 fully saturated rings. The van der Waals surface area contributed by atoms with E-state index in [1.807, 2.05) is 19.1 Å². The first-order chi connectivity index (χ1) is 9.69. The summed E-state index contributed by atoms with van der Waals surface area (Å²) in [5, 5.41) is 9.07. The molecule has 0 saturated heterocycles. The maximum Gasteiger partial charge on any atom is 0.323 e. The van der Waals surface area contributed by atoms with E-state index in [0.29, 0.717) is 24.7 Å². The minimum atomic E-state index is -0.878. The first-order valence-electron chi connectivity index (χ1n) is 6.69. The topological polar surface area (TPSA) is 73.6 Å². The number of aromatic nitrogens is 2. The summed E-state index contributed by atoms with van der Waals surface area (Å²) in [6.07, 6.45) is 1.66. The lowest BCUT2D eigenvalue weighted by molar-refractivity contribution is -0.137. The van der Waals surface area contributed by atoms with Crippen LogP contribution < -0.4 is 9.47 Å². The number of imidazole rings is 1. The van der Waals surface area contributed by atoms with Gasteiger partial charge in [0.1, 0.15) is 25.6 Å². The molecule has 0 unspecified atom stereocenters. The fourth-order valence-electron chi connectivity index (χ4n) is 2.44. The quantitative estimate of drug-likeness (QED) is 0.922. The van der Waals surface area contributed by atoms with Crippen molar-refractivity contribution in [2.24, 2.45) is 0 Å². The summed E-state index contributed by atoms with van der Waals surface area (Å²) in [7, 11) is 0. The third kappa shape index (κ3) is 2.17. The highest BCUT2D eigenvalue weighted by atomic mass is 16.6. The summed E-state index contributed by atoms with van der Waals surface area (Å²) in [5.41, 5.74) is 1.53. The number of ether oxygens (including phenoxy) is 2. The highest BCUT2D eigenvalue weighted by molar-refractivity contribution is 5.82. The summed E-state index contributed by atoms with van der Waals surface area (Å²) < 4.78 is 12.8. The maximum atomic E-state index is 11.1. The molecule has 0 spiro atoms. The summed E-state index contributed by atoms with van der Waals surface area (Å²) >= 11 is 0. The second-order valence-electron chi connectivity index (χ2n) is 4.74. The van der Waals surface area contributed by atoms with E-state index >= 15 is 0 Å². The molecule has 2 aromatic rings. The molecule has 1 aromatic heterocycles. The molecule has 6 heteroatoms. The van der Waals surface area contributed by atoms with Gasteiger partial charge in [-0.25, -0.2) is 4.98 Å². The Hall–Kier alpha value is -2.24. The van der Waals surface area contributed by atoms with Crippen LogP contribution >= 0.6 is 0 Å². The molecular weight excluding hydrogens is 260 g/mol. The van der Waals surface area contributed by atoms with Gasteiger partial charge in [-0.1, -0.05) is 6.92 Å². The SMILES string of the molecule is CCCc1nc2cc3c(cc2n1CC(=O)O)OCCO3. The van der Waals surface area contributed by atoms with E-state index in [-0.39, 0.29) is 6.54 Å².